The van der Waals surface area contributed by atoms with E-state index in [1.165, 1.54) is 74.9 Å². The molecule has 3 aliphatic rings. The van der Waals surface area contributed by atoms with Gasteiger partial charge in [-0.15, -0.1) is 12.4 Å². The number of rotatable bonds is 5. The van der Waals surface area contributed by atoms with Gasteiger partial charge in [0, 0.05) is 29.9 Å². The number of nitrogens with one attached hydrogen (secondary N) is 1. The summed E-state index contributed by atoms with van der Waals surface area (Å²) in [7, 11) is 0. The summed E-state index contributed by atoms with van der Waals surface area (Å²) in [5.41, 5.74) is 2.11. The molecule has 0 aromatic heterocycles. The van der Waals surface area contributed by atoms with Crippen molar-refractivity contribution in [2.45, 2.75) is 95.7 Å². The summed E-state index contributed by atoms with van der Waals surface area (Å²) in [4.78, 5) is 20.6. The van der Waals surface area contributed by atoms with Crippen molar-refractivity contribution in [3.8, 4) is 0 Å². The molecule has 2 aliphatic carbocycles. The molecule has 166 valence electrons. The van der Waals surface area contributed by atoms with Crippen molar-refractivity contribution in [2.24, 2.45) is 4.99 Å². The molecule has 1 amide bonds. The van der Waals surface area contributed by atoms with E-state index in [1.807, 2.05) is 36.0 Å². The van der Waals surface area contributed by atoms with Crippen LogP contribution in [0.25, 0.3) is 0 Å². The van der Waals surface area contributed by atoms with Crippen LogP contribution in [-0.4, -0.2) is 39.9 Å². The quantitative estimate of drug-likeness (QED) is 0.583. The van der Waals surface area contributed by atoms with E-state index in [9.17, 15) is 4.79 Å². The summed E-state index contributed by atoms with van der Waals surface area (Å²) in [5.74, 6) is 1.11. The van der Waals surface area contributed by atoms with Gasteiger partial charge in [-0.2, -0.15) is 0 Å². The molecule has 1 aliphatic heterocycles. The number of thioether (sulfide) groups is 1. The van der Waals surface area contributed by atoms with E-state index in [4.69, 9.17) is 4.99 Å². The Hall–Kier alpha value is -1.20. The van der Waals surface area contributed by atoms with E-state index in [1.54, 1.807) is 0 Å². The predicted octanol–water partition coefficient (Wildman–Crippen LogP) is 6.18. The molecule has 6 heteroatoms. The Labute approximate surface area is 192 Å². The van der Waals surface area contributed by atoms with Crippen LogP contribution < -0.4 is 5.32 Å². The van der Waals surface area contributed by atoms with Gasteiger partial charge in [-0.3, -0.25) is 9.79 Å². The maximum absolute atomic E-state index is 12.8. The summed E-state index contributed by atoms with van der Waals surface area (Å²) < 4.78 is 0. The molecule has 30 heavy (non-hydrogen) atoms. The van der Waals surface area contributed by atoms with Crippen LogP contribution in [0.2, 0.25) is 0 Å². The molecule has 4 rings (SSSR count). The number of amidine groups is 1. The van der Waals surface area contributed by atoms with Gasteiger partial charge in [0.15, 0.2) is 5.17 Å². The average molecular weight is 450 g/mol. The summed E-state index contributed by atoms with van der Waals surface area (Å²) in [5, 5.41) is 4.33. The molecule has 1 aromatic rings. The van der Waals surface area contributed by atoms with Crippen LogP contribution in [0.3, 0.4) is 0 Å². The van der Waals surface area contributed by atoms with E-state index in [2.05, 4.69) is 17.1 Å². The molecule has 0 spiro atoms. The lowest BCUT2D eigenvalue weighted by molar-refractivity contribution is -0.117. The standard InChI is InChI=1S/C24H35N3OS.ClH/c1-18-12-14-20(15-13-18)25-23(28)16-22-17-29-24(26-19-8-4-2-5-9-19)27(22)21-10-6-3-7-11-21;/h12-15,19,21-22H,2-11,16-17H2,1H3,(H,25,28);1H/b26-24-;. The molecule has 0 radical (unpaired) electrons. The van der Waals surface area contributed by atoms with Gasteiger partial charge < -0.3 is 10.2 Å². The molecule has 1 aromatic carbocycles. The SMILES string of the molecule is Cc1ccc(NC(=O)CC2CS/C(=N\C3CCCCC3)N2C2CCCCC2)cc1.Cl. The maximum Gasteiger partial charge on any atom is 0.226 e. The second-order valence-electron chi connectivity index (χ2n) is 8.99. The molecule has 2 saturated carbocycles. The number of carbonyl (C=O) groups is 1. The fourth-order valence-electron chi connectivity index (χ4n) is 4.99. The third-order valence-electron chi connectivity index (χ3n) is 6.61. The van der Waals surface area contributed by atoms with Gasteiger partial charge >= 0.3 is 0 Å². The number of carbonyl (C=O) groups excluding carboxylic acids is 1. The van der Waals surface area contributed by atoms with Crippen molar-refractivity contribution in [3.05, 3.63) is 29.8 Å². The minimum absolute atomic E-state index is 0. The van der Waals surface area contributed by atoms with E-state index in [0.29, 0.717) is 18.5 Å². The molecule has 1 N–H and O–H groups in total. The van der Waals surface area contributed by atoms with Crippen molar-refractivity contribution < 1.29 is 4.79 Å². The number of anilines is 1. The highest BCUT2D eigenvalue weighted by atomic mass is 35.5. The van der Waals surface area contributed by atoms with Gasteiger partial charge in [-0.05, 0) is 44.7 Å². The number of nitrogens with zero attached hydrogens (tertiary/aromatic N) is 2. The van der Waals surface area contributed by atoms with Crippen molar-refractivity contribution in [1.82, 2.24) is 4.90 Å². The Morgan fingerprint density at radius 2 is 1.67 bits per heavy atom. The lowest BCUT2D eigenvalue weighted by Crippen LogP contribution is -2.45. The molecule has 1 saturated heterocycles. The molecule has 4 nitrogen and oxygen atoms in total. The third-order valence-corrected chi connectivity index (χ3v) is 7.74. The second kappa shape index (κ2) is 11.4. The van der Waals surface area contributed by atoms with Gasteiger partial charge in [-0.1, -0.05) is 68.0 Å². The summed E-state index contributed by atoms with van der Waals surface area (Å²) in [6.07, 6.45) is 13.5. The third kappa shape index (κ3) is 6.16. The summed E-state index contributed by atoms with van der Waals surface area (Å²) in [6.45, 7) is 2.07. The van der Waals surface area contributed by atoms with E-state index < -0.39 is 0 Å². The van der Waals surface area contributed by atoms with E-state index in [0.717, 1.165) is 11.4 Å². The molecular formula is C24H36ClN3OS. The predicted molar refractivity (Wildman–Crippen MR) is 131 cm³/mol. The van der Waals surface area contributed by atoms with Crippen molar-refractivity contribution >= 4 is 40.9 Å². The van der Waals surface area contributed by atoms with Crippen LogP contribution >= 0.6 is 24.2 Å². The zero-order valence-electron chi connectivity index (χ0n) is 18.1. The minimum atomic E-state index is 0. The highest BCUT2D eigenvalue weighted by Crippen LogP contribution is 2.35. The van der Waals surface area contributed by atoms with Crippen LogP contribution in [0.1, 0.15) is 76.2 Å². The Morgan fingerprint density at radius 1 is 1.03 bits per heavy atom. The smallest absolute Gasteiger partial charge is 0.226 e. The highest BCUT2D eigenvalue weighted by molar-refractivity contribution is 8.14. The van der Waals surface area contributed by atoms with E-state index in [-0.39, 0.29) is 24.4 Å². The number of halogens is 1. The van der Waals surface area contributed by atoms with Gasteiger partial charge in [0.1, 0.15) is 0 Å². The van der Waals surface area contributed by atoms with Crippen molar-refractivity contribution in [3.63, 3.8) is 0 Å². The molecule has 1 heterocycles. The monoisotopic (exact) mass is 449 g/mol. The van der Waals surface area contributed by atoms with Crippen LogP contribution in [0.15, 0.2) is 29.3 Å². The van der Waals surface area contributed by atoms with Crippen LogP contribution in [0.4, 0.5) is 5.69 Å². The van der Waals surface area contributed by atoms with Crippen molar-refractivity contribution in [2.75, 3.05) is 11.1 Å². The van der Waals surface area contributed by atoms with Crippen LogP contribution in [0, 0.1) is 6.92 Å². The van der Waals surface area contributed by atoms with Gasteiger partial charge in [0.2, 0.25) is 5.91 Å². The number of benzene rings is 1. The molecule has 1 atom stereocenters. The Bertz CT molecular complexity index is 712. The number of hydrogen-bond donors (Lipinski definition) is 1. The number of aliphatic imine (C=N–C) groups is 1. The first-order valence-corrected chi connectivity index (χ1v) is 12.5. The van der Waals surface area contributed by atoms with Crippen LogP contribution in [0.5, 0.6) is 0 Å². The summed E-state index contributed by atoms with van der Waals surface area (Å²) >= 11 is 1.89. The zero-order chi connectivity index (χ0) is 20.1. The number of hydrogen-bond acceptors (Lipinski definition) is 3. The fourth-order valence-corrected chi connectivity index (χ4v) is 6.28. The minimum Gasteiger partial charge on any atom is -0.344 e. The maximum atomic E-state index is 12.8. The average Bonchev–Trinajstić information content (AvgIpc) is 3.13. The number of amides is 1. The van der Waals surface area contributed by atoms with Gasteiger partial charge in [-0.25, -0.2) is 0 Å². The molecule has 0 bridgehead atoms. The first-order chi connectivity index (χ1) is 14.2. The zero-order valence-corrected chi connectivity index (χ0v) is 19.8. The van der Waals surface area contributed by atoms with Gasteiger partial charge in [0.25, 0.3) is 0 Å². The normalized spacial score (nSPS) is 24.6. The first-order valence-electron chi connectivity index (χ1n) is 11.5. The second-order valence-corrected chi connectivity index (χ2v) is 9.97. The molecule has 3 fully saturated rings. The van der Waals surface area contributed by atoms with Crippen LogP contribution in [-0.2, 0) is 4.79 Å². The number of aryl methyl sites for hydroxylation is 1. The molecular weight excluding hydrogens is 414 g/mol. The highest BCUT2D eigenvalue weighted by Gasteiger charge is 2.37. The van der Waals surface area contributed by atoms with Gasteiger partial charge in [0.05, 0.1) is 6.04 Å². The first kappa shape index (κ1) is 23.5. The Kier molecular flexibility index (Phi) is 8.94. The lowest BCUT2D eigenvalue weighted by Gasteiger charge is -2.37. The fraction of sp³-hybridized carbons (Fsp3) is 0.667. The Balaban J connectivity index is 0.00000256. The largest absolute Gasteiger partial charge is 0.344 e. The summed E-state index contributed by atoms with van der Waals surface area (Å²) in [6, 6.07) is 9.41. The molecule has 1 unspecified atom stereocenters. The topological polar surface area (TPSA) is 44.7 Å². The van der Waals surface area contributed by atoms with Crippen molar-refractivity contribution in [1.29, 1.82) is 0 Å². The Morgan fingerprint density at radius 3 is 2.33 bits per heavy atom. The van der Waals surface area contributed by atoms with E-state index >= 15 is 0 Å². The lowest BCUT2D eigenvalue weighted by atomic mass is 9.93.